The van der Waals surface area contributed by atoms with Crippen molar-refractivity contribution >= 4 is 17.9 Å². The van der Waals surface area contributed by atoms with Gasteiger partial charge in [0.25, 0.3) is 0 Å². The lowest BCUT2D eigenvalue weighted by Crippen LogP contribution is -2.30. The second-order valence-electron chi connectivity index (χ2n) is 21.6. The van der Waals surface area contributed by atoms with Crippen LogP contribution in [0.2, 0.25) is 0 Å². The van der Waals surface area contributed by atoms with Crippen LogP contribution < -0.4 is 0 Å². The van der Waals surface area contributed by atoms with Gasteiger partial charge in [0.05, 0.1) is 0 Å². The van der Waals surface area contributed by atoms with Crippen molar-refractivity contribution in [3.8, 4) is 0 Å². The quantitative estimate of drug-likeness (QED) is 0.0343. The first kappa shape index (κ1) is 64.4. The standard InChI is InChI=1S/C60H116O6/c1-6-7-8-9-10-11-30-37-42-47-52-60(63)66-57(54-65-59(62)51-46-41-36-32-27-23-19-18-21-25-29-34-39-44-49-56(4)5)53-64-58(61)50-45-40-35-31-26-22-17-15-13-12-14-16-20-24-28-33-38-43-48-55(2)3/h55-57H,6-54H2,1-5H3/t57-/m1/s1. The van der Waals surface area contributed by atoms with Crippen molar-refractivity contribution in [2.24, 2.45) is 11.8 Å². The molecule has 0 aromatic heterocycles. The van der Waals surface area contributed by atoms with Crippen molar-refractivity contribution in [2.75, 3.05) is 13.2 Å². The van der Waals surface area contributed by atoms with Crippen LogP contribution in [0, 0.1) is 11.8 Å². The SMILES string of the molecule is CCCCCCCCCCCCC(=O)O[C@H](COC(=O)CCCCCCCCCCCCCCCCCCCCC(C)C)COC(=O)CCCCCCCCCCCCCCCCC(C)C. The van der Waals surface area contributed by atoms with Gasteiger partial charge in [-0.1, -0.05) is 298 Å². The van der Waals surface area contributed by atoms with Crippen LogP contribution in [0.3, 0.4) is 0 Å². The second kappa shape index (κ2) is 52.8. The van der Waals surface area contributed by atoms with Gasteiger partial charge in [-0.05, 0) is 31.1 Å². The van der Waals surface area contributed by atoms with Gasteiger partial charge >= 0.3 is 17.9 Å². The predicted octanol–water partition coefficient (Wildman–Crippen LogP) is 19.7. The summed E-state index contributed by atoms with van der Waals surface area (Å²) in [6, 6.07) is 0. The third-order valence-corrected chi connectivity index (χ3v) is 13.7. The van der Waals surface area contributed by atoms with Gasteiger partial charge in [-0.3, -0.25) is 14.4 Å². The highest BCUT2D eigenvalue weighted by Gasteiger charge is 2.19. The van der Waals surface area contributed by atoms with Gasteiger partial charge in [0.15, 0.2) is 6.10 Å². The molecule has 0 aromatic carbocycles. The van der Waals surface area contributed by atoms with Crippen LogP contribution in [0.4, 0.5) is 0 Å². The van der Waals surface area contributed by atoms with Crippen LogP contribution in [0.5, 0.6) is 0 Å². The molecule has 1 atom stereocenters. The average Bonchev–Trinajstić information content (AvgIpc) is 3.29. The van der Waals surface area contributed by atoms with Crippen LogP contribution in [0.1, 0.15) is 336 Å². The van der Waals surface area contributed by atoms with E-state index in [0.29, 0.717) is 19.3 Å². The number of unbranched alkanes of at least 4 members (excludes halogenated alkanes) is 39. The van der Waals surface area contributed by atoms with Crippen molar-refractivity contribution in [3.05, 3.63) is 0 Å². The molecule has 0 aliphatic rings. The molecule has 0 aromatic rings. The maximum Gasteiger partial charge on any atom is 0.306 e. The van der Waals surface area contributed by atoms with E-state index in [2.05, 4.69) is 34.6 Å². The van der Waals surface area contributed by atoms with Crippen LogP contribution in [-0.2, 0) is 28.6 Å². The molecule has 0 saturated heterocycles. The van der Waals surface area contributed by atoms with Crippen LogP contribution in [0.25, 0.3) is 0 Å². The molecule has 0 spiro atoms. The van der Waals surface area contributed by atoms with Crippen molar-refractivity contribution in [1.82, 2.24) is 0 Å². The van der Waals surface area contributed by atoms with E-state index in [4.69, 9.17) is 14.2 Å². The lowest BCUT2D eigenvalue weighted by molar-refractivity contribution is -0.167. The Labute approximate surface area is 412 Å². The molecule has 0 fully saturated rings. The zero-order valence-corrected chi connectivity index (χ0v) is 45.3. The molecule has 0 bridgehead atoms. The molecule has 0 unspecified atom stereocenters. The highest BCUT2D eigenvalue weighted by molar-refractivity contribution is 5.71. The van der Waals surface area contributed by atoms with Gasteiger partial charge in [-0.15, -0.1) is 0 Å². The summed E-state index contributed by atoms with van der Waals surface area (Å²) < 4.78 is 16.9. The first-order valence-corrected chi connectivity index (χ1v) is 29.7. The third-order valence-electron chi connectivity index (χ3n) is 13.7. The Morgan fingerprint density at radius 2 is 0.500 bits per heavy atom. The Hall–Kier alpha value is -1.59. The molecule has 0 aliphatic heterocycles. The van der Waals surface area contributed by atoms with Crippen molar-refractivity contribution in [1.29, 1.82) is 0 Å². The highest BCUT2D eigenvalue weighted by atomic mass is 16.6. The van der Waals surface area contributed by atoms with Crippen LogP contribution >= 0.6 is 0 Å². The van der Waals surface area contributed by atoms with E-state index in [0.717, 1.165) is 69.6 Å². The molecule has 0 rings (SSSR count). The van der Waals surface area contributed by atoms with E-state index >= 15 is 0 Å². The van der Waals surface area contributed by atoms with E-state index in [1.54, 1.807) is 0 Å². The Morgan fingerprint density at radius 1 is 0.288 bits per heavy atom. The molecular formula is C60H116O6. The molecule has 6 nitrogen and oxygen atoms in total. The van der Waals surface area contributed by atoms with Gasteiger partial charge in [-0.2, -0.15) is 0 Å². The normalized spacial score (nSPS) is 12.0. The fourth-order valence-electron chi connectivity index (χ4n) is 9.23. The third kappa shape index (κ3) is 53.4. The minimum atomic E-state index is -0.762. The van der Waals surface area contributed by atoms with Gasteiger partial charge in [-0.25, -0.2) is 0 Å². The Morgan fingerprint density at radius 3 is 0.742 bits per heavy atom. The van der Waals surface area contributed by atoms with Gasteiger partial charge < -0.3 is 14.2 Å². The average molecular weight is 934 g/mol. The molecule has 0 amide bonds. The molecule has 0 saturated carbocycles. The summed E-state index contributed by atoms with van der Waals surface area (Å²) in [5.74, 6) is 0.865. The highest BCUT2D eigenvalue weighted by Crippen LogP contribution is 2.18. The zero-order valence-electron chi connectivity index (χ0n) is 45.3. The maximum absolute atomic E-state index is 12.8. The van der Waals surface area contributed by atoms with E-state index in [1.807, 2.05) is 0 Å². The number of carbonyl (C=O) groups excluding carboxylic acids is 3. The lowest BCUT2D eigenvalue weighted by Gasteiger charge is -2.18. The van der Waals surface area contributed by atoms with Crippen LogP contribution in [0.15, 0.2) is 0 Å². The monoisotopic (exact) mass is 933 g/mol. The van der Waals surface area contributed by atoms with Gasteiger partial charge in [0, 0.05) is 19.3 Å². The molecule has 66 heavy (non-hydrogen) atoms. The molecule has 6 heteroatoms. The lowest BCUT2D eigenvalue weighted by atomic mass is 10.0. The van der Waals surface area contributed by atoms with E-state index in [1.165, 1.54) is 225 Å². The fraction of sp³-hybridized carbons (Fsp3) is 0.950. The predicted molar refractivity (Wildman–Crippen MR) is 284 cm³/mol. The number of rotatable bonds is 54. The summed E-state index contributed by atoms with van der Waals surface area (Å²) in [7, 11) is 0. The zero-order chi connectivity index (χ0) is 48.2. The molecule has 0 heterocycles. The van der Waals surface area contributed by atoms with Gasteiger partial charge in [0.1, 0.15) is 13.2 Å². The summed E-state index contributed by atoms with van der Waals surface area (Å²) in [6.07, 6.45) is 56.7. The van der Waals surface area contributed by atoms with E-state index in [9.17, 15) is 14.4 Å². The minimum absolute atomic E-state index is 0.0625. The first-order chi connectivity index (χ1) is 32.2. The Kier molecular flexibility index (Phi) is 51.5. The molecule has 392 valence electrons. The largest absolute Gasteiger partial charge is 0.462 e. The Balaban J connectivity index is 4.18. The summed E-state index contributed by atoms with van der Waals surface area (Å²) in [4.78, 5) is 38.1. The Bertz CT molecular complexity index is 1010. The minimum Gasteiger partial charge on any atom is -0.462 e. The number of ether oxygens (including phenoxy) is 3. The second-order valence-corrected chi connectivity index (χ2v) is 21.6. The number of esters is 3. The summed E-state index contributed by atoms with van der Waals surface area (Å²) in [5, 5.41) is 0. The maximum atomic E-state index is 12.8. The van der Waals surface area contributed by atoms with Crippen LogP contribution in [-0.4, -0.2) is 37.2 Å². The van der Waals surface area contributed by atoms with E-state index in [-0.39, 0.29) is 31.1 Å². The first-order valence-electron chi connectivity index (χ1n) is 29.7. The van der Waals surface area contributed by atoms with Gasteiger partial charge in [0.2, 0.25) is 0 Å². The van der Waals surface area contributed by atoms with Crippen molar-refractivity contribution in [2.45, 2.75) is 343 Å². The summed E-state index contributed by atoms with van der Waals surface area (Å²) >= 11 is 0. The number of hydrogen-bond acceptors (Lipinski definition) is 6. The van der Waals surface area contributed by atoms with Crippen molar-refractivity contribution < 1.29 is 28.6 Å². The molecule has 0 aliphatic carbocycles. The van der Waals surface area contributed by atoms with E-state index < -0.39 is 6.10 Å². The molecular weight excluding hydrogens is 817 g/mol. The number of hydrogen-bond donors (Lipinski definition) is 0. The summed E-state index contributed by atoms with van der Waals surface area (Å²) in [5.41, 5.74) is 0. The topological polar surface area (TPSA) is 78.9 Å². The smallest absolute Gasteiger partial charge is 0.306 e. The fourth-order valence-corrected chi connectivity index (χ4v) is 9.23. The molecule has 0 radical (unpaired) electrons. The molecule has 0 N–H and O–H groups in total. The number of carbonyl (C=O) groups is 3. The van der Waals surface area contributed by atoms with Crippen molar-refractivity contribution in [3.63, 3.8) is 0 Å². The summed E-state index contributed by atoms with van der Waals surface area (Å²) in [6.45, 7) is 11.4.